The van der Waals surface area contributed by atoms with Crippen molar-refractivity contribution in [3.63, 3.8) is 0 Å². The molecule has 0 N–H and O–H groups in total. The van der Waals surface area contributed by atoms with Crippen molar-refractivity contribution < 1.29 is 0 Å². The fraction of sp³-hybridized carbons (Fsp3) is 0. The summed E-state index contributed by atoms with van der Waals surface area (Å²) >= 11 is 1.87. The number of hydrogen-bond donors (Lipinski definition) is 0. The van der Waals surface area contributed by atoms with Gasteiger partial charge in [0.2, 0.25) is 0 Å². The first-order valence-electron chi connectivity index (χ1n) is 18.7. The summed E-state index contributed by atoms with van der Waals surface area (Å²) in [6.45, 7) is 0. The molecule has 260 valence electrons. The average molecular weight is 721 g/mol. The normalized spacial score (nSPS) is 11.3. The van der Waals surface area contributed by atoms with Gasteiger partial charge in [-0.3, -0.25) is 0 Å². The second kappa shape index (κ2) is 14.1. The van der Waals surface area contributed by atoms with Crippen LogP contribution >= 0.6 is 11.3 Å². The van der Waals surface area contributed by atoms with Crippen LogP contribution in [0.4, 0.5) is 17.1 Å². The van der Waals surface area contributed by atoms with Gasteiger partial charge in [-0.25, -0.2) is 0 Å². The highest BCUT2D eigenvalue weighted by Crippen LogP contribution is 2.43. The highest BCUT2D eigenvalue weighted by Gasteiger charge is 2.18. The van der Waals surface area contributed by atoms with Crippen molar-refractivity contribution in [2.75, 3.05) is 4.90 Å². The van der Waals surface area contributed by atoms with E-state index in [1.165, 1.54) is 64.9 Å². The van der Waals surface area contributed by atoms with E-state index in [1.807, 2.05) is 11.3 Å². The zero-order valence-corrected chi connectivity index (χ0v) is 30.9. The molecule has 2 heterocycles. The Morgan fingerprint density at radius 3 is 1.18 bits per heavy atom. The number of anilines is 3. The lowest BCUT2D eigenvalue weighted by molar-refractivity contribution is 1.18. The number of hydrogen-bond acceptors (Lipinski definition) is 2. The molecule has 3 heteroatoms. The summed E-state index contributed by atoms with van der Waals surface area (Å²) in [5, 5.41) is 1.28. The van der Waals surface area contributed by atoms with Gasteiger partial charge in [0.25, 0.3) is 0 Å². The molecule has 0 aliphatic carbocycles. The summed E-state index contributed by atoms with van der Waals surface area (Å²) < 4.78 is 3.72. The van der Waals surface area contributed by atoms with Gasteiger partial charge in [-0.15, -0.1) is 11.3 Å². The number of para-hydroxylation sites is 1. The highest BCUT2D eigenvalue weighted by atomic mass is 32.1. The highest BCUT2D eigenvalue weighted by molar-refractivity contribution is 7.23. The lowest BCUT2D eigenvalue weighted by Crippen LogP contribution is -2.09. The van der Waals surface area contributed by atoms with Crippen molar-refractivity contribution in [1.82, 2.24) is 4.57 Å². The molecule has 0 unspecified atom stereocenters. The van der Waals surface area contributed by atoms with Gasteiger partial charge in [0, 0.05) is 33.0 Å². The van der Waals surface area contributed by atoms with Gasteiger partial charge in [-0.05, 0) is 99.6 Å². The van der Waals surface area contributed by atoms with E-state index in [9.17, 15) is 0 Å². The van der Waals surface area contributed by atoms with Gasteiger partial charge >= 0.3 is 0 Å². The summed E-state index contributed by atoms with van der Waals surface area (Å²) in [6.07, 6.45) is 0. The van der Waals surface area contributed by atoms with E-state index in [0.717, 1.165) is 22.7 Å². The third-order valence-electron chi connectivity index (χ3n) is 10.5. The third kappa shape index (κ3) is 6.21. The molecule has 0 atom stereocenters. The van der Waals surface area contributed by atoms with Crippen molar-refractivity contribution in [3.05, 3.63) is 218 Å². The van der Waals surface area contributed by atoms with E-state index in [2.05, 4.69) is 228 Å². The Balaban J connectivity index is 1.02. The molecule has 10 aromatic rings. The van der Waals surface area contributed by atoms with Crippen LogP contribution < -0.4 is 4.90 Å². The fourth-order valence-corrected chi connectivity index (χ4v) is 8.86. The molecule has 2 nitrogen and oxygen atoms in total. The van der Waals surface area contributed by atoms with Crippen molar-refractivity contribution in [2.45, 2.75) is 0 Å². The Morgan fingerprint density at radius 1 is 0.327 bits per heavy atom. The third-order valence-corrected chi connectivity index (χ3v) is 11.7. The second-order valence-electron chi connectivity index (χ2n) is 13.8. The molecule has 0 saturated heterocycles. The van der Waals surface area contributed by atoms with Crippen molar-refractivity contribution in [2.24, 2.45) is 0 Å². The molecule has 0 amide bonds. The molecule has 0 saturated carbocycles. The zero-order chi connectivity index (χ0) is 36.6. The molecular formula is C52H36N2S. The molecule has 0 fully saturated rings. The molecule has 8 aromatic carbocycles. The molecule has 2 aromatic heterocycles. The summed E-state index contributed by atoms with van der Waals surface area (Å²) in [6, 6.07) is 78.6. The maximum atomic E-state index is 2.41. The molecule has 0 aliphatic heterocycles. The lowest BCUT2D eigenvalue weighted by Gasteiger charge is -2.26. The minimum absolute atomic E-state index is 1.11. The van der Waals surface area contributed by atoms with E-state index in [1.54, 1.807) is 0 Å². The quantitative estimate of drug-likeness (QED) is 0.152. The molecule has 10 rings (SSSR count). The summed E-state index contributed by atoms with van der Waals surface area (Å²) in [5.41, 5.74) is 15.4. The van der Waals surface area contributed by atoms with Crippen LogP contribution in [-0.4, -0.2) is 4.57 Å². The zero-order valence-electron chi connectivity index (χ0n) is 30.1. The standard InChI is InChI=1S/C52H36N2S/c1-4-12-37(13-5-1)40-20-28-44(29-21-40)53(45-30-22-41(23-31-45)38-14-6-2-7-15-38)46-34-26-43(27-35-46)51-36-50-52(55-51)48-18-10-11-19-49(48)54(50)47-32-24-42(25-33-47)39-16-8-3-9-17-39/h1-36H. The van der Waals surface area contributed by atoms with E-state index in [-0.39, 0.29) is 0 Å². The lowest BCUT2D eigenvalue weighted by atomic mass is 10.0. The van der Waals surface area contributed by atoms with Crippen LogP contribution in [0.2, 0.25) is 0 Å². The Labute approximate surface area is 325 Å². The minimum Gasteiger partial charge on any atom is -0.311 e. The van der Waals surface area contributed by atoms with Crippen LogP contribution in [0.1, 0.15) is 0 Å². The summed E-state index contributed by atoms with van der Waals surface area (Å²) in [7, 11) is 0. The van der Waals surface area contributed by atoms with E-state index >= 15 is 0 Å². The van der Waals surface area contributed by atoms with Gasteiger partial charge < -0.3 is 9.47 Å². The molecular weight excluding hydrogens is 685 g/mol. The first-order valence-corrected chi connectivity index (χ1v) is 19.5. The number of benzene rings is 8. The maximum Gasteiger partial charge on any atom is 0.0655 e. The number of rotatable bonds is 8. The minimum atomic E-state index is 1.11. The Hall–Kier alpha value is -6.94. The van der Waals surface area contributed by atoms with Crippen molar-refractivity contribution in [3.8, 4) is 49.5 Å². The summed E-state index contributed by atoms with van der Waals surface area (Å²) in [5.74, 6) is 0. The monoisotopic (exact) mass is 720 g/mol. The maximum absolute atomic E-state index is 2.41. The van der Waals surface area contributed by atoms with E-state index in [4.69, 9.17) is 0 Å². The predicted octanol–water partition coefficient (Wildman–Crippen LogP) is 15.0. The Bertz CT molecular complexity index is 2770. The Kier molecular flexibility index (Phi) is 8.40. The number of aromatic nitrogens is 1. The van der Waals surface area contributed by atoms with Gasteiger partial charge in [0.05, 0.1) is 15.7 Å². The van der Waals surface area contributed by atoms with Gasteiger partial charge in [-0.1, -0.05) is 158 Å². The van der Waals surface area contributed by atoms with Crippen LogP contribution in [0.25, 0.3) is 70.6 Å². The molecule has 55 heavy (non-hydrogen) atoms. The van der Waals surface area contributed by atoms with Crippen LogP contribution in [0.3, 0.4) is 0 Å². The van der Waals surface area contributed by atoms with Crippen LogP contribution in [0.5, 0.6) is 0 Å². The van der Waals surface area contributed by atoms with Crippen LogP contribution in [0, 0.1) is 0 Å². The second-order valence-corrected chi connectivity index (χ2v) is 14.9. The van der Waals surface area contributed by atoms with Crippen LogP contribution in [-0.2, 0) is 0 Å². The van der Waals surface area contributed by atoms with Gasteiger partial charge in [-0.2, -0.15) is 0 Å². The van der Waals surface area contributed by atoms with Gasteiger partial charge in [0.1, 0.15) is 0 Å². The molecule has 0 bridgehead atoms. The first-order chi connectivity index (χ1) is 27.3. The molecule has 0 spiro atoms. The Morgan fingerprint density at radius 2 is 0.709 bits per heavy atom. The van der Waals surface area contributed by atoms with Gasteiger partial charge in [0.15, 0.2) is 0 Å². The van der Waals surface area contributed by atoms with Crippen molar-refractivity contribution in [1.29, 1.82) is 0 Å². The number of fused-ring (bicyclic) bond motifs is 3. The fourth-order valence-electron chi connectivity index (χ4n) is 7.67. The van der Waals surface area contributed by atoms with Crippen LogP contribution in [0.15, 0.2) is 218 Å². The molecule has 0 aliphatic rings. The SMILES string of the molecule is c1ccc(-c2ccc(N(c3ccc(-c4ccccc4)cc3)c3ccc(-c4cc5c(s4)c4ccccc4n5-c4ccc(-c5ccccc5)cc4)cc3)cc2)cc1. The number of nitrogens with zero attached hydrogens (tertiary/aromatic N) is 2. The van der Waals surface area contributed by atoms with Crippen molar-refractivity contribution >= 4 is 49.5 Å². The predicted molar refractivity (Wildman–Crippen MR) is 235 cm³/mol. The topological polar surface area (TPSA) is 8.17 Å². The largest absolute Gasteiger partial charge is 0.311 e. The van der Waals surface area contributed by atoms with E-state index < -0.39 is 0 Å². The smallest absolute Gasteiger partial charge is 0.0655 e. The average Bonchev–Trinajstić information content (AvgIpc) is 3.83. The van der Waals surface area contributed by atoms with E-state index in [0.29, 0.717) is 0 Å². The molecule has 0 radical (unpaired) electrons. The number of thiophene rings is 1. The summed E-state index contributed by atoms with van der Waals surface area (Å²) in [4.78, 5) is 3.60. The first kappa shape index (κ1) is 32.7.